The van der Waals surface area contributed by atoms with Gasteiger partial charge in [-0.2, -0.15) is 0 Å². The quantitative estimate of drug-likeness (QED) is 0.532. The Hall–Kier alpha value is -2.66. The van der Waals surface area contributed by atoms with Crippen molar-refractivity contribution in [1.82, 2.24) is 14.4 Å². The van der Waals surface area contributed by atoms with E-state index in [9.17, 15) is 0 Å². The average Bonchev–Trinajstić information content (AvgIpc) is 3.23. The van der Waals surface area contributed by atoms with E-state index in [4.69, 9.17) is 4.74 Å². The van der Waals surface area contributed by atoms with Crippen LogP contribution in [0.4, 0.5) is 0 Å². The predicted octanol–water partition coefficient (Wildman–Crippen LogP) is 4.91. The van der Waals surface area contributed by atoms with Crippen molar-refractivity contribution in [2.75, 3.05) is 0 Å². The first-order valence-corrected chi connectivity index (χ1v) is 8.72. The number of benzene rings is 1. The summed E-state index contributed by atoms with van der Waals surface area (Å²) in [5, 5.41) is 0. The Morgan fingerprint density at radius 1 is 1.04 bits per heavy atom. The highest BCUT2D eigenvalue weighted by Gasteiger charge is 2.08. The molecule has 4 rings (SSSR count). The van der Waals surface area contributed by atoms with E-state index in [1.807, 2.05) is 43.9 Å². The third kappa shape index (κ3) is 2.78. The number of rotatable bonds is 4. The predicted molar refractivity (Wildman–Crippen MR) is 97.5 cm³/mol. The molecule has 120 valence electrons. The van der Waals surface area contributed by atoms with Gasteiger partial charge in [0.05, 0.1) is 28.4 Å². The van der Waals surface area contributed by atoms with Crippen LogP contribution in [0.25, 0.3) is 27.3 Å². The third-order valence-electron chi connectivity index (χ3n) is 3.76. The van der Waals surface area contributed by atoms with Crippen molar-refractivity contribution in [2.45, 2.75) is 20.0 Å². The van der Waals surface area contributed by atoms with Crippen molar-refractivity contribution in [3.8, 4) is 27.4 Å². The van der Waals surface area contributed by atoms with Crippen LogP contribution >= 0.6 is 11.3 Å². The number of fused-ring (bicyclic) bond motifs is 1. The molecule has 5 heteroatoms. The molecule has 0 fully saturated rings. The molecule has 0 N–H and O–H groups in total. The Labute approximate surface area is 144 Å². The second-order valence-corrected chi connectivity index (χ2v) is 6.73. The molecule has 3 heterocycles. The van der Waals surface area contributed by atoms with Gasteiger partial charge in [-0.1, -0.05) is 12.1 Å². The van der Waals surface area contributed by atoms with Crippen LogP contribution < -0.4 is 4.74 Å². The molecule has 4 nitrogen and oxygen atoms in total. The molecule has 0 bridgehead atoms. The van der Waals surface area contributed by atoms with Gasteiger partial charge in [0, 0.05) is 12.4 Å². The van der Waals surface area contributed by atoms with Crippen LogP contribution in [-0.4, -0.2) is 20.5 Å². The van der Waals surface area contributed by atoms with E-state index in [0.29, 0.717) is 0 Å². The summed E-state index contributed by atoms with van der Waals surface area (Å²) >= 11 is 1.62. The minimum absolute atomic E-state index is 0.183. The smallest absolute Gasteiger partial charge is 0.137 e. The van der Waals surface area contributed by atoms with Gasteiger partial charge in [-0.05, 0) is 49.2 Å². The second-order valence-electron chi connectivity index (χ2n) is 5.84. The standard InChI is InChI=1S/C19H17N3OS/c1-13(2)23-16-5-3-14(4-6-16)15-7-8-22-17(10-21-19(22)9-15)18-11-20-12-24-18/h3-13H,1-2H3. The molecular weight excluding hydrogens is 318 g/mol. The summed E-state index contributed by atoms with van der Waals surface area (Å²) in [6, 6.07) is 12.4. The van der Waals surface area contributed by atoms with Crippen molar-refractivity contribution >= 4 is 17.0 Å². The highest BCUT2D eigenvalue weighted by atomic mass is 32.1. The van der Waals surface area contributed by atoms with Gasteiger partial charge in [-0.25, -0.2) is 4.98 Å². The molecule has 0 spiro atoms. The lowest BCUT2D eigenvalue weighted by atomic mass is 10.1. The first-order valence-electron chi connectivity index (χ1n) is 7.84. The van der Waals surface area contributed by atoms with Crippen LogP contribution in [0.15, 0.2) is 60.5 Å². The molecule has 0 unspecified atom stereocenters. The summed E-state index contributed by atoms with van der Waals surface area (Å²) in [7, 11) is 0. The van der Waals surface area contributed by atoms with Crippen LogP contribution in [0.5, 0.6) is 5.75 Å². The third-order valence-corrected chi connectivity index (χ3v) is 4.55. The maximum absolute atomic E-state index is 5.70. The van der Waals surface area contributed by atoms with Gasteiger partial charge in [-0.3, -0.25) is 9.38 Å². The number of ether oxygens (including phenoxy) is 1. The van der Waals surface area contributed by atoms with E-state index in [-0.39, 0.29) is 6.10 Å². The van der Waals surface area contributed by atoms with Gasteiger partial charge in [0.25, 0.3) is 0 Å². The lowest BCUT2D eigenvalue weighted by Gasteiger charge is -2.10. The van der Waals surface area contributed by atoms with Crippen LogP contribution in [0, 0.1) is 0 Å². The molecule has 0 aliphatic rings. The number of hydrogen-bond donors (Lipinski definition) is 0. The number of pyridine rings is 1. The fourth-order valence-corrected chi connectivity index (χ4v) is 3.31. The van der Waals surface area contributed by atoms with E-state index in [1.54, 1.807) is 11.3 Å². The van der Waals surface area contributed by atoms with Crippen LogP contribution in [0.2, 0.25) is 0 Å². The Morgan fingerprint density at radius 3 is 2.58 bits per heavy atom. The van der Waals surface area contributed by atoms with Crippen molar-refractivity contribution in [3.63, 3.8) is 0 Å². The zero-order valence-electron chi connectivity index (χ0n) is 13.5. The molecule has 0 aliphatic heterocycles. The number of aromatic nitrogens is 3. The lowest BCUT2D eigenvalue weighted by Crippen LogP contribution is -2.05. The Bertz CT molecular complexity index is 956. The first kappa shape index (κ1) is 14.9. The molecule has 0 amide bonds. The molecule has 0 atom stereocenters. The zero-order chi connectivity index (χ0) is 16.5. The summed E-state index contributed by atoms with van der Waals surface area (Å²) in [4.78, 5) is 9.80. The molecule has 24 heavy (non-hydrogen) atoms. The molecule has 0 aliphatic carbocycles. The highest BCUT2D eigenvalue weighted by molar-refractivity contribution is 7.13. The van der Waals surface area contributed by atoms with Crippen molar-refractivity contribution in [2.24, 2.45) is 0 Å². The Kier molecular flexibility index (Phi) is 3.78. The highest BCUT2D eigenvalue weighted by Crippen LogP contribution is 2.28. The van der Waals surface area contributed by atoms with E-state index in [2.05, 4.69) is 44.8 Å². The summed E-state index contributed by atoms with van der Waals surface area (Å²) < 4.78 is 7.79. The monoisotopic (exact) mass is 335 g/mol. The van der Waals surface area contributed by atoms with Crippen molar-refractivity contribution in [3.05, 3.63) is 60.5 Å². The minimum Gasteiger partial charge on any atom is -0.491 e. The zero-order valence-corrected chi connectivity index (χ0v) is 14.3. The summed E-state index contributed by atoms with van der Waals surface area (Å²) in [5.41, 5.74) is 6.12. The molecule has 0 radical (unpaired) electrons. The van der Waals surface area contributed by atoms with E-state index >= 15 is 0 Å². The van der Waals surface area contributed by atoms with Gasteiger partial charge in [0.15, 0.2) is 0 Å². The van der Waals surface area contributed by atoms with E-state index in [1.165, 1.54) is 0 Å². The molecule has 4 aromatic rings. The minimum atomic E-state index is 0.183. The fraction of sp³-hybridized carbons (Fsp3) is 0.158. The fourth-order valence-electron chi connectivity index (χ4n) is 2.68. The number of hydrogen-bond acceptors (Lipinski definition) is 4. The SMILES string of the molecule is CC(C)Oc1ccc(-c2ccn3c(-c4cncs4)cnc3c2)cc1. The summed E-state index contributed by atoms with van der Waals surface area (Å²) in [5.74, 6) is 0.892. The topological polar surface area (TPSA) is 39.4 Å². The van der Waals surface area contributed by atoms with Crippen molar-refractivity contribution in [1.29, 1.82) is 0 Å². The number of thiazole rings is 1. The molecule has 0 saturated carbocycles. The molecule has 1 aromatic carbocycles. The van der Waals surface area contributed by atoms with Crippen molar-refractivity contribution < 1.29 is 4.74 Å². The average molecular weight is 335 g/mol. The molecule has 3 aromatic heterocycles. The van der Waals surface area contributed by atoms with Crippen LogP contribution in [-0.2, 0) is 0 Å². The summed E-state index contributed by atoms with van der Waals surface area (Å²) in [6.45, 7) is 4.06. The van der Waals surface area contributed by atoms with Crippen LogP contribution in [0.1, 0.15) is 13.8 Å². The van der Waals surface area contributed by atoms with Gasteiger partial charge in [0.1, 0.15) is 11.4 Å². The van der Waals surface area contributed by atoms with Gasteiger partial charge in [0.2, 0.25) is 0 Å². The normalized spacial score (nSPS) is 11.3. The summed E-state index contributed by atoms with van der Waals surface area (Å²) in [6.07, 6.45) is 6.01. The second kappa shape index (κ2) is 6.09. The molecule has 0 saturated heterocycles. The lowest BCUT2D eigenvalue weighted by molar-refractivity contribution is 0.242. The number of imidazole rings is 1. The van der Waals surface area contributed by atoms with Gasteiger partial charge < -0.3 is 4.74 Å². The first-order chi connectivity index (χ1) is 11.7. The van der Waals surface area contributed by atoms with Gasteiger partial charge >= 0.3 is 0 Å². The maximum atomic E-state index is 5.70. The van der Waals surface area contributed by atoms with E-state index in [0.717, 1.165) is 33.1 Å². The van der Waals surface area contributed by atoms with Crippen LogP contribution in [0.3, 0.4) is 0 Å². The Morgan fingerprint density at radius 2 is 1.88 bits per heavy atom. The Balaban J connectivity index is 1.68. The van der Waals surface area contributed by atoms with Gasteiger partial charge in [-0.15, -0.1) is 11.3 Å². The molecular formula is C19H17N3OS. The number of nitrogens with zero attached hydrogens (tertiary/aromatic N) is 3. The van der Waals surface area contributed by atoms with E-state index < -0.39 is 0 Å². The maximum Gasteiger partial charge on any atom is 0.137 e. The largest absolute Gasteiger partial charge is 0.491 e.